The summed E-state index contributed by atoms with van der Waals surface area (Å²) >= 11 is 0. The van der Waals surface area contributed by atoms with Crippen LogP contribution in [0.3, 0.4) is 0 Å². The summed E-state index contributed by atoms with van der Waals surface area (Å²) in [6, 6.07) is 5.72. The predicted molar refractivity (Wildman–Crippen MR) is 234 cm³/mol. The number of allylic oxidation sites excluding steroid dienone is 16. The standard InChI is InChI=1S/C54H72/c1-12-39-45-31-48-52(37(11)50(45)42-18-13-15-36(10)49(39)42)54(27-23-34(6)7,28-24-35(8)9)47-30-44-41-20-19-38-16-14-17-40(51(38)41)43(44)29-46(47)53(48,25-21-32(2)3)26-22-33(4)5/h12-18,20,29-38,49-51H,19,21-28H2,1-11H3/b39-12-. The van der Waals surface area contributed by atoms with Crippen LogP contribution in [0.1, 0.15) is 156 Å². The Labute approximate surface area is 330 Å². The fourth-order valence-corrected chi connectivity index (χ4v) is 12.9. The highest BCUT2D eigenvalue weighted by Crippen LogP contribution is 2.68. The monoisotopic (exact) mass is 721 g/mol. The van der Waals surface area contributed by atoms with Crippen molar-refractivity contribution in [3.8, 4) is 0 Å². The smallest absolute Gasteiger partial charge is 0.0206 e. The molecule has 0 amide bonds. The Hall–Kier alpha value is -2.86. The van der Waals surface area contributed by atoms with Crippen LogP contribution in [0.25, 0.3) is 11.1 Å². The molecule has 0 radical (unpaired) electrons. The van der Waals surface area contributed by atoms with Gasteiger partial charge in [-0.05, 0) is 168 Å². The van der Waals surface area contributed by atoms with Gasteiger partial charge in [0.25, 0.3) is 0 Å². The topological polar surface area (TPSA) is 0 Å². The number of rotatable bonds is 12. The van der Waals surface area contributed by atoms with Crippen molar-refractivity contribution in [2.75, 3.05) is 0 Å². The Balaban J connectivity index is 1.48. The third-order valence-corrected chi connectivity index (χ3v) is 15.6. The Morgan fingerprint density at radius 1 is 0.648 bits per heavy atom. The zero-order valence-corrected chi connectivity index (χ0v) is 36.0. The molecule has 7 aliphatic carbocycles. The van der Waals surface area contributed by atoms with Gasteiger partial charge in [-0.3, -0.25) is 0 Å². The Bertz CT molecular complexity index is 1890. The summed E-state index contributed by atoms with van der Waals surface area (Å²) in [7, 11) is 0. The average molecular weight is 721 g/mol. The molecule has 7 aliphatic rings. The lowest BCUT2D eigenvalue weighted by Crippen LogP contribution is -2.48. The van der Waals surface area contributed by atoms with Crippen LogP contribution >= 0.6 is 0 Å². The molecule has 288 valence electrons. The molecule has 0 aliphatic heterocycles. The van der Waals surface area contributed by atoms with Gasteiger partial charge in [-0.2, -0.15) is 0 Å². The van der Waals surface area contributed by atoms with Crippen LogP contribution in [-0.2, 0) is 10.8 Å². The normalized spacial score (nSPS) is 30.0. The largest absolute Gasteiger partial charge is 0.0835 e. The third kappa shape index (κ3) is 5.80. The second kappa shape index (κ2) is 14.3. The molecule has 0 aromatic heterocycles. The maximum Gasteiger partial charge on any atom is 0.0206 e. The summed E-state index contributed by atoms with van der Waals surface area (Å²) in [5, 5.41) is 0. The maximum atomic E-state index is 2.90. The molecule has 6 atom stereocenters. The summed E-state index contributed by atoms with van der Waals surface area (Å²) in [5.41, 5.74) is 18.6. The van der Waals surface area contributed by atoms with Crippen LogP contribution in [0.4, 0.5) is 0 Å². The summed E-state index contributed by atoms with van der Waals surface area (Å²) in [5.74, 6) is 5.90. The van der Waals surface area contributed by atoms with E-state index in [4.69, 9.17) is 0 Å². The predicted octanol–water partition coefficient (Wildman–Crippen LogP) is 15.1. The molecule has 1 saturated carbocycles. The minimum absolute atomic E-state index is 0.0149. The fourth-order valence-electron chi connectivity index (χ4n) is 12.9. The molecule has 54 heavy (non-hydrogen) atoms. The number of benzene rings is 1. The van der Waals surface area contributed by atoms with E-state index in [1.165, 1.54) is 57.8 Å². The van der Waals surface area contributed by atoms with Crippen molar-refractivity contribution in [3.05, 3.63) is 117 Å². The summed E-state index contributed by atoms with van der Waals surface area (Å²) in [4.78, 5) is 0. The lowest BCUT2D eigenvalue weighted by molar-refractivity contribution is 0.267. The van der Waals surface area contributed by atoms with Gasteiger partial charge in [-0.15, -0.1) is 0 Å². The van der Waals surface area contributed by atoms with E-state index in [0.717, 1.165) is 0 Å². The van der Waals surface area contributed by atoms with Crippen molar-refractivity contribution in [1.29, 1.82) is 0 Å². The molecule has 1 fully saturated rings. The van der Waals surface area contributed by atoms with E-state index in [-0.39, 0.29) is 10.8 Å². The molecule has 1 aromatic carbocycles. The molecule has 0 N–H and O–H groups in total. The van der Waals surface area contributed by atoms with Crippen molar-refractivity contribution in [3.63, 3.8) is 0 Å². The molecule has 0 heteroatoms. The van der Waals surface area contributed by atoms with Crippen LogP contribution in [0.15, 0.2) is 94.7 Å². The van der Waals surface area contributed by atoms with Gasteiger partial charge in [0.15, 0.2) is 0 Å². The second-order valence-corrected chi connectivity index (χ2v) is 20.7. The average Bonchev–Trinajstić information content (AvgIpc) is 3.81. The summed E-state index contributed by atoms with van der Waals surface area (Å²) in [6.45, 7) is 27.3. The van der Waals surface area contributed by atoms with E-state index in [0.29, 0.717) is 59.2 Å². The highest BCUT2D eigenvalue weighted by molar-refractivity contribution is 5.98. The summed E-state index contributed by atoms with van der Waals surface area (Å²) in [6.07, 6.45) is 34.2. The van der Waals surface area contributed by atoms with E-state index in [2.05, 4.69) is 143 Å². The minimum atomic E-state index is 0.0149. The maximum absolute atomic E-state index is 2.90. The van der Waals surface area contributed by atoms with Crippen LogP contribution in [0.5, 0.6) is 0 Å². The highest BCUT2D eigenvalue weighted by Gasteiger charge is 2.58. The van der Waals surface area contributed by atoms with Crippen molar-refractivity contribution in [2.24, 2.45) is 59.2 Å². The molecular formula is C54H72. The fraction of sp³-hybridized carbons (Fsp3) is 0.593. The minimum Gasteiger partial charge on any atom is -0.0835 e. The van der Waals surface area contributed by atoms with Gasteiger partial charge >= 0.3 is 0 Å². The zero-order chi connectivity index (χ0) is 38.3. The van der Waals surface area contributed by atoms with Gasteiger partial charge < -0.3 is 0 Å². The number of hydrogen-bond donors (Lipinski definition) is 0. The van der Waals surface area contributed by atoms with Gasteiger partial charge in [0, 0.05) is 28.6 Å². The first-order chi connectivity index (χ1) is 25.8. The van der Waals surface area contributed by atoms with E-state index >= 15 is 0 Å². The molecule has 0 bridgehead atoms. The van der Waals surface area contributed by atoms with E-state index in [9.17, 15) is 0 Å². The van der Waals surface area contributed by atoms with Gasteiger partial charge in [-0.25, -0.2) is 0 Å². The molecule has 0 spiro atoms. The number of fused-ring (bicyclic) bond motifs is 7. The molecule has 0 nitrogen and oxygen atoms in total. The van der Waals surface area contributed by atoms with Gasteiger partial charge in [0.2, 0.25) is 0 Å². The number of hydrogen-bond acceptors (Lipinski definition) is 0. The van der Waals surface area contributed by atoms with Crippen molar-refractivity contribution in [1.82, 2.24) is 0 Å². The molecule has 1 aromatic rings. The molecule has 0 heterocycles. The molecular weight excluding hydrogens is 649 g/mol. The quantitative estimate of drug-likeness (QED) is 0.202. The lowest BCUT2D eigenvalue weighted by Gasteiger charge is -2.56. The second-order valence-electron chi connectivity index (χ2n) is 20.7. The SMILES string of the molecule is C/C=C1/C2=CC3=C(C(C)C2C2=CC=CC(C)C21)C(CCC(C)C)(CCC(C)C)c1cc2c(cc1C3(CCC(C)C)CCC(C)C)C1=CC=CC3CC=C2C13. The van der Waals surface area contributed by atoms with E-state index in [1.807, 2.05) is 5.57 Å². The lowest BCUT2D eigenvalue weighted by atomic mass is 9.48. The molecule has 6 unspecified atom stereocenters. The Morgan fingerprint density at radius 2 is 1.20 bits per heavy atom. The third-order valence-electron chi connectivity index (χ3n) is 15.6. The first-order valence-electron chi connectivity index (χ1n) is 22.6. The van der Waals surface area contributed by atoms with Gasteiger partial charge in [0.05, 0.1) is 0 Å². The van der Waals surface area contributed by atoms with Crippen LogP contribution < -0.4 is 0 Å². The van der Waals surface area contributed by atoms with Gasteiger partial charge in [0.1, 0.15) is 0 Å². The van der Waals surface area contributed by atoms with E-state index in [1.54, 1.807) is 55.7 Å². The van der Waals surface area contributed by atoms with Gasteiger partial charge in [-0.1, -0.05) is 135 Å². The Morgan fingerprint density at radius 3 is 1.80 bits per heavy atom. The summed E-state index contributed by atoms with van der Waals surface area (Å²) < 4.78 is 0. The first-order valence-corrected chi connectivity index (χ1v) is 22.6. The van der Waals surface area contributed by atoms with E-state index < -0.39 is 0 Å². The van der Waals surface area contributed by atoms with Crippen LogP contribution in [0.2, 0.25) is 0 Å². The molecule has 0 saturated heterocycles. The Kier molecular flexibility index (Phi) is 10.0. The van der Waals surface area contributed by atoms with Crippen molar-refractivity contribution >= 4 is 11.1 Å². The zero-order valence-electron chi connectivity index (χ0n) is 36.0. The van der Waals surface area contributed by atoms with Crippen molar-refractivity contribution < 1.29 is 0 Å². The van der Waals surface area contributed by atoms with Crippen LogP contribution in [-0.4, -0.2) is 0 Å². The van der Waals surface area contributed by atoms with Crippen molar-refractivity contribution in [2.45, 2.75) is 145 Å². The van der Waals surface area contributed by atoms with Crippen LogP contribution in [0, 0.1) is 59.2 Å². The first kappa shape index (κ1) is 38.0. The molecule has 8 rings (SSSR count). The highest BCUT2D eigenvalue weighted by atomic mass is 14.6.